The minimum atomic E-state index is -1.64. The average molecular weight is 323 g/mol. The molecule has 0 aromatic heterocycles. The second-order valence-electron chi connectivity index (χ2n) is 5.51. The Morgan fingerprint density at radius 2 is 1.83 bits per heavy atom. The summed E-state index contributed by atoms with van der Waals surface area (Å²) in [5.74, 6) is -1.94. The summed E-state index contributed by atoms with van der Waals surface area (Å²) in [6, 6.07) is 7.93. The Bertz CT molecular complexity index is 555. The van der Waals surface area contributed by atoms with Crippen LogP contribution in [-0.4, -0.2) is 42.7 Å². The molecule has 0 aliphatic rings. The molecule has 1 rings (SSSR count). The SMILES string of the molecule is COCC(NC(=O)OCc1ccccc1)C(=O)C(C)(C)C(=O)O. The standard InChI is InChI=1S/C16H21NO6/c1-16(2,14(19)20)13(18)12(10-22-3)17-15(21)23-9-11-7-5-4-6-8-11/h4-8,12H,9-10H2,1-3H3,(H,17,21)(H,19,20). The van der Waals surface area contributed by atoms with Crippen LogP contribution in [0.15, 0.2) is 30.3 Å². The van der Waals surface area contributed by atoms with Gasteiger partial charge in [0.25, 0.3) is 0 Å². The number of aliphatic carboxylic acids is 1. The lowest BCUT2D eigenvalue weighted by Crippen LogP contribution is -2.51. The fraction of sp³-hybridized carbons (Fsp3) is 0.438. The summed E-state index contributed by atoms with van der Waals surface area (Å²) in [5, 5.41) is 11.5. The molecule has 7 heteroatoms. The number of ketones is 1. The first-order chi connectivity index (χ1) is 10.8. The number of benzene rings is 1. The number of carbonyl (C=O) groups is 3. The maximum atomic E-state index is 12.3. The quantitative estimate of drug-likeness (QED) is 0.705. The zero-order valence-electron chi connectivity index (χ0n) is 13.4. The van der Waals surface area contributed by atoms with Crippen LogP contribution in [0.5, 0.6) is 0 Å². The second kappa shape index (κ2) is 8.28. The zero-order chi connectivity index (χ0) is 17.5. The van der Waals surface area contributed by atoms with Gasteiger partial charge in [-0.25, -0.2) is 4.79 Å². The number of carbonyl (C=O) groups excluding carboxylic acids is 2. The molecule has 1 aromatic carbocycles. The van der Waals surface area contributed by atoms with Crippen LogP contribution >= 0.6 is 0 Å². The van der Waals surface area contributed by atoms with Gasteiger partial charge in [-0.3, -0.25) is 9.59 Å². The molecule has 0 bridgehead atoms. The number of ether oxygens (including phenoxy) is 2. The van der Waals surface area contributed by atoms with E-state index >= 15 is 0 Å². The van der Waals surface area contributed by atoms with Crippen LogP contribution in [-0.2, 0) is 25.7 Å². The van der Waals surface area contributed by atoms with Crippen LogP contribution in [0, 0.1) is 5.41 Å². The Hall–Kier alpha value is -2.41. The molecule has 0 aliphatic heterocycles. The summed E-state index contributed by atoms with van der Waals surface area (Å²) < 4.78 is 9.90. The molecule has 0 saturated heterocycles. The van der Waals surface area contributed by atoms with Gasteiger partial charge >= 0.3 is 12.1 Å². The number of methoxy groups -OCH3 is 1. The lowest BCUT2D eigenvalue weighted by atomic mass is 9.84. The number of hydrogen-bond acceptors (Lipinski definition) is 5. The number of rotatable bonds is 8. The third kappa shape index (κ3) is 5.37. The van der Waals surface area contributed by atoms with Crippen LogP contribution in [0.3, 0.4) is 0 Å². The Labute approximate surface area is 134 Å². The molecular weight excluding hydrogens is 302 g/mol. The molecule has 7 nitrogen and oxygen atoms in total. The van der Waals surface area contributed by atoms with E-state index in [2.05, 4.69) is 5.32 Å². The largest absolute Gasteiger partial charge is 0.481 e. The van der Waals surface area contributed by atoms with Gasteiger partial charge in [0.1, 0.15) is 18.1 Å². The molecule has 0 heterocycles. The first-order valence-corrected chi connectivity index (χ1v) is 7.03. The van der Waals surface area contributed by atoms with Gasteiger partial charge in [-0.1, -0.05) is 30.3 Å². The number of hydrogen-bond donors (Lipinski definition) is 2. The van der Waals surface area contributed by atoms with Crippen molar-refractivity contribution in [3.63, 3.8) is 0 Å². The molecule has 1 unspecified atom stereocenters. The van der Waals surface area contributed by atoms with Crippen molar-refractivity contribution in [2.75, 3.05) is 13.7 Å². The number of carboxylic acids is 1. The second-order valence-corrected chi connectivity index (χ2v) is 5.51. The Balaban J connectivity index is 2.66. The molecule has 0 spiro atoms. The normalized spacial score (nSPS) is 12.3. The van der Waals surface area contributed by atoms with Crippen molar-refractivity contribution >= 4 is 17.8 Å². The fourth-order valence-corrected chi connectivity index (χ4v) is 1.80. The molecule has 126 valence electrons. The van der Waals surface area contributed by atoms with Crippen molar-refractivity contribution in [3.05, 3.63) is 35.9 Å². The monoisotopic (exact) mass is 323 g/mol. The van der Waals surface area contributed by atoms with Crippen LogP contribution < -0.4 is 5.32 Å². The van der Waals surface area contributed by atoms with E-state index in [0.717, 1.165) is 5.56 Å². The molecule has 0 radical (unpaired) electrons. The van der Waals surface area contributed by atoms with Crippen molar-refractivity contribution in [1.29, 1.82) is 0 Å². The van der Waals surface area contributed by atoms with Gasteiger partial charge in [-0.2, -0.15) is 0 Å². The molecule has 2 N–H and O–H groups in total. The molecule has 23 heavy (non-hydrogen) atoms. The topological polar surface area (TPSA) is 102 Å². The van der Waals surface area contributed by atoms with E-state index in [-0.39, 0.29) is 13.2 Å². The van der Waals surface area contributed by atoms with Gasteiger partial charge in [0.05, 0.1) is 6.61 Å². The molecule has 0 saturated carbocycles. The zero-order valence-corrected chi connectivity index (χ0v) is 13.4. The number of Topliss-reactive ketones (excluding diaryl/α,β-unsaturated/α-hetero) is 1. The number of nitrogens with one attached hydrogen (secondary N) is 1. The van der Waals surface area contributed by atoms with Gasteiger partial charge < -0.3 is 19.9 Å². The van der Waals surface area contributed by atoms with Crippen LogP contribution in [0.25, 0.3) is 0 Å². The predicted molar refractivity (Wildman–Crippen MR) is 81.9 cm³/mol. The van der Waals surface area contributed by atoms with Crippen molar-refractivity contribution in [3.8, 4) is 0 Å². The van der Waals surface area contributed by atoms with Gasteiger partial charge in [-0.05, 0) is 19.4 Å². The summed E-state index contributed by atoms with van der Waals surface area (Å²) >= 11 is 0. The average Bonchev–Trinajstić information content (AvgIpc) is 2.52. The molecule has 1 amide bonds. The van der Waals surface area contributed by atoms with Gasteiger partial charge in [-0.15, -0.1) is 0 Å². The summed E-state index contributed by atoms with van der Waals surface area (Å²) in [6.07, 6.45) is -0.814. The Morgan fingerprint density at radius 1 is 1.22 bits per heavy atom. The molecule has 1 aromatic rings. The number of amides is 1. The van der Waals surface area contributed by atoms with Gasteiger partial charge in [0.15, 0.2) is 5.78 Å². The van der Waals surface area contributed by atoms with Crippen molar-refractivity contribution in [2.24, 2.45) is 5.41 Å². The summed E-state index contributed by atoms with van der Waals surface area (Å²) in [6.45, 7) is 2.45. The van der Waals surface area contributed by atoms with Crippen LogP contribution in [0.4, 0.5) is 4.79 Å². The van der Waals surface area contributed by atoms with Crippen molar-refractivity contribution in [1.82, 2.24) is 5.32 Å². The van der Waals surface area contributed by atoms with E-state index in [9.17, 15) is 14.4 Å². The van der Waals surface area contributed by atoms with Crippen LogP contribution in [0.2, 0.25) is 0 Å². The lowest BCUT2D eigenvalue weighted by molar-refractivity contribution is -0.153. The first kappa shape index (κ1) is 18.6. The summed E-state index contributed by atoms with van der Waals surface area (Å²) in [5.41, 5.74) is -0.848. The van der Waals surface area contributed by atoms with E-state index in [1.807, 2.05) is 18.2 Å². The minimum absolute atomic E-state index is 0.0445. The third-order valence-electron chi connectivity index (χ3n) is 3.31. The molecule has 1 atom stereocenters. The summed E-state index contributed by atoms with van der Waals surface area (Å²) in [4.78, 5) is 35.3. The highest BCUT2D eigenvalue weighted by Gasteiger charge is 2.41. The number of carboxylic acid groups (broad SMARTS) is 1. The highest BCUT2D eigenvalue weighted by molar-refractivity contribution is 6.05. The first-order valence-electron chi connectivity index (χ1n) is 7.03. The van der Waals surface area contributed by atoms with Crippen molar-refractivity contribution in [2.45, 2.75) is 26.5 Å². The van der Waals surface area contributed by atoms with E-state index in [1.165, 1.54) is 21.0 Å². The van der Waals surface area contributed by atoms with Gasteiger partial charge in [0, 0.05) is 7.11 Å². The smallest absolute Gasteiger partial charge is 0.408 e. The van der Waals surface area contributed by atoms with Gasteiger partial charge in [0.2, 0.25) is 0 Å². The highest BCUT2D eigenvalue weighted by atomic mass is 16.5. The summed E-state index contributed by atoms with van der Waals surface area (Å²) in [7, 11) is 1.35. The van der Waals surface area contributed by atoms with E-state index in [0.29, 0.717) is 0 Å². The highest BCUT2D eigenvalue weighted by Crippen LogP contribution is 2.19. The van der Waals surface area contributed by atoms with E-state index in [1.54, 1.807) is 12.1 Å². The van der Waals surface area contributed by atoms with E-state index < -0.39 is 29.3 Å². The third-order valence-corrected chi connectivity index (χ3v) is 3.31. The lowest BCUT2D eigenvalue weighted by Gasteiger charge is -2.24. The number of alkyl carbamates (subject to hydrolysis) is 1. The van der Waals surface area contributed by atoms with Crippen molar-refractivity contribution < 1.29 is 29.0 Å². The predicted octanol–water partition coefficient (Wildman–Crippen LogP) is 1.61. The Morgan fingerprint density at radius 3 is 2.35 bits per heavy atom. The minimum Gasteiger partial charge on any atom is -0.481 e. The molecular formula is C16H21NO6. The molecule has 0 fully saturated rings. The van der Waals surface area contributed by atoms with Crippen LogP contribution in [0.1, 0.15) is 19.4 Å². The Kier molecular flexibility index (Phi) is 6.71. The van der Waals surface area contributed by atoms with E-state index in [4.69, 9.17) is 14.6 Å². The molecule has 0 aliphatic carbocycles. The fourth-order valence-electron chi connectivity index (χ4n) is 1.80. The maximum Gasteiger partial charge on any atom is 0.408 e. The maximum absolute atomic E-state index is 12.3.